The van der Waals surface area contributed by atoms with Gasteiger partial charge in [0, 0.05) is 43.3 Å². The summed E-state index contributed by atoms with van der Waals surface area (Å²) in [4.78, 5) is 17.2. The van der Waals surface area contributed by atoms with Gasteiger partial charge in [0.2, 0.25) is 0 Å². The van der Waals surface area contributed by atoms with Gasteiger partial charge in [-0.25, -0.2) is 0 Å². The van der Waals surface area contributed by atoms with Gasteiger partial charge in [0.15, 0.2) is 5.78 Å². The molecule has 0 unspecified atom stereocenters. The second-order valence-electron chi connectivity index (χ2n) is 6.23. The molecule has 2 fully saturated rings. The van der Waals surface area contributed by atoms with Crippen LogP contribution in [0.3, 0.4) is 0 Å². The maximum atomic E-state index is 12.5. The smallest absolute Gasteiger partial charge is 0.166 e. The van der Waals surface area contributed by atoms with Crippen molar-refractivity contribution < 1.29 is 4.79 Å². The highest BCUT2D eigenvalue weighted by molar-refractivity contribution is 5.98. The maximum absolute atomic E-state index is 12.5. The van der Waals surface area contributed by atoms with Crippen LogP contribution in [0.25, 0.3) is 0 Å². The standard InChI is InChI=1S/C17H25N3O/c1-19-10-12-20(13-11-19)16-4-2-14(3-5-16)17(21)15-6-8-18-9-7-15/h2-5,15,18H,6-13H2,1H3. The van der Waals surface area contributed by atoms with Crippen LogP contribution in [0.15, 0.2) is 24.3 Å². The van der Waals surface area contributed by atoms with Crippen LogP contribution in [-0.2, 0) is 0 Å². The van der Waals surface area contributed by atoms with Crippen LogP contribution in [0.5, 0.6) is 0 Å². The lowest BCUT2D eigenvalue weighted by atomic mass is 9.89. The first kappa shape index (κ1) is 14.5. The van der Waals surface area contributed by atoms with E-state index in [0.717, 1.165) is 57.7 Å². The van der Waals surface area contributed by atoms with Crippen molar-refractivity contribution in [3.05, 3.63) is 29.8 Å². The number of anilines is 1. The first-order chi connectivity index (χ1) is 10.2. The van der Waals surface area contributed by atoms with Gasteiger partial charge < -0.3 is 15.1 Å². The molecule has 1 aromatic carbocycles. The van der Waals surface area contributed by atoms with E-state index in [-0.39, 0.29) is 5.92 Å². The van der Waals surface area contributed by atoms with Crippen molar-refractivity contribution in [2.45, 2.75) is 12.8 Å². The molecule has 0 amide bonds. The topological polar surface area (TPSA) is 35.6 Å². The molecule has 2 aliphatic heterocycles. The Morgan fingerprint density at radius 1 is 1.05 bits per heavy atom. The number of ketones is 1. The zero-order valence-corrected chi connectivity index (χ0v) is 12.8. The van der Waals surface area contributed by atoms with Crippen molar-refractivity contribution in [1.82, 2.24) is 10.2 Å². The minimum atomic E-state index is 0.209. The summed E-state index contributed by atoms with van der Waals surface area (Å²) in [7, 11) is 2.16. The SMILES string of the molecule is CN1CCN(c2ccc(C(=O)C3CCNCC3)cc2)CC1. The molecular weight excluding hydrogens is 262 g/mol. The van der Waals surface area contributed by atoms with E-state index < -0.39 is 0 Å². The van der Waals surface area contributed by atoms with E-state index in [1.54, 1.807) is 0 Å². The summed E-state index contributed by atoms with van der Waals surface area (Å²) in [6.45, 7) is 6.28. The molecule has 4 nitrogen and oxygen atoms in total. The molecule has 0 atom stereocenters. The normalized spacial score (nSPS) is 21.5. The molecule has 4 heteroatoms. The first-order valence-corrected chi connectivity index (χ1v) is 8.02. The Kier molecular flexibility index (Phi) is 4.56. The lowest BCUT2D eigenvalue weighted by Gasteiger charge is -2.34. The second kappa shape index (κ2) is 6.58. The van der Waals surface area contributed by atoms with Crippen LogP contribution in [0.1, 0.15) is 23.2 Å². The highest BCUT2D eigenvalue weighted by Crippen LogP contribution is 2.21. The van der Waals surface area contributed by atoms with Gasteiger partial charge in [-0.05, 0) is 57.2 Å². The molecule has 0 spiro atoms. The summed E-state index contributed by atoms with van der Waals surface area (Å²) < 4.78 is 0. The number of hydrogen-bond donors (Lipinski definition) is 1. The number of Topliss-reactive ketones (excluding diaryl/α,β-unsaturated/α-hetero) is 1. The van der Waals surface area contributed by atoms with Crippen LogP contribution < -0.4 is 10.2 Å². The third kappa shape index (κ3) is 3.44. The molecule has 0 radical (unpaired) electrons. The predicted octanol–water partition coefficient (Wildman–Crippen LogP) is 1.62. The molecule has 2 saturated heterocycles. The van der Waals surface area contributed by atoms with Gasteiger partial charge in [-0.15, -0.1) is 0 Å². The Labute approximate surface area is 127 Å². The van der Waals surface area contributed by atoms with Gasteiger partial charge in [-0.1, -0.05) is 0 Å². The number of piperidine rings is 1. The third-order valence-corrected chi connectivity index (χ3v) is 4.73. The molecule has 1 N–H and O–H groups in total. The summed E-state index contributed by atoms with van der Waals surface area (Å²) in [5.41, 5.74) is 2.12. The van der Waals surface area contributed by atoms with Gasteiger partial charge in [0.1, 0.15) is 0 Å². The maximum Gasteiger partial charge on any atom is 0.166 e. The quantitative estimate of drug-likeness (QED) is 0.857. The molecule has 3 rings (SSSR count). The summed E-state index contributed by atoms with van der Waals surface area (Å²) in [5, 5.41) is 3.31. The number of hydrogen-bond acceptors (Lipinski definition) is 4. The van der Waals surface area contributed by atoms with E-state index in [4.69, 9.17) is 0 Å². The van der Waals surface area contributed by atoms with Crippen LogP contribution >= 0.6 is 0 Å². The van der Waals surface area contributed by atoms with Gasteiger partial charge >= 0.3 is 0 Å². The highest BCUT2D eigenvalue weighted by Gasteiger charge is 2.22. The fourth-order valence-electron chi connectivity index (χ4n) is 3.22. The minimum Gasteiger partial charge on any atom is -0.369 e. The molecule has 2 aliphatic rings. The number of benzene rings is 1. The second-order valence-corrected chi connectivity index (χ2v) is 6.23. The molecular formula is C17H25N3O. The summed E-state index contributed by atoms with van der Waals surface area (Å²) >= 11 is 0. The van der Waals surface area contributed by atoms with Crippen LogP contribution in [0, 0.1) is 5.92 Å². The molecule has 0 bridgehead atoms. The Hall–Kier alpha value is -1.39. The van der Waals surface area contributed by atoms with Crippen LogP contribution in [0.4, 0.5) is 5.69 Å². The molecule has 114 valence electrons. The van der Waals surface area contributed by atoms with Gasteiger partial charge in [-0.3, -0.25) is 4.79 Å². The fourth-order valence-corrected chi connectivity index (χ4v) is 3.22. The largest absolute Gasteiger partial charge is 0.369 e. The molecule has 2 heterocycles. The summed E-state index contributed by atoms with van der Waals surface area (Å²) in [6.07, 6.45) is 1.94. The zero-order chi connectivity index (χ0) is 14.7. The lowest BCUT2D eigenvalue weighted by Crippen LogP contribution is -2.44. The zero-order valence-electron chi connectivity index (χ0n) is 12.8. The summed E-state index contributed by atoms with van der Waals surface area (Å²) in [5.74, 6) is 0.530. The van der Waals surface area contributed by atoms with E-state index in [1.165, 1.54) is 5.69 Å². The molecule has 0 aliphatic carbocycles. The molecule has 0 aromatic heterocycles. The number of likely N-dealkylation sites (N-methyl/N-ethyl adjacent to an activating group) is 1. The van der Waals surface area contributed by atoms with Crippen molar-refractivity contribution in [2.75, 3.05) is 51.2 Å². The van der Waals surface area contributed by atoms with Gasteiger partial charge in [0.05, 0.1) is 0 Å². The Bertz CT molecular complexity index is 471. The van der Waals surface area contributed by atoms with Crippen LogP contribution in [-0.4, -0.2) is 57.0 Å². The lowest BCUT2D eigenvalue weighted by molar-refractivity contribution is 0.0895. The van der Waals surface area contributed by atoms with Crippen molar-refractivity contribution in [3.63, 3.8) is 0 Å². The highest BCUT2D eigenvalue weighted by atomic mass is 16.1. The minimum absolute atomic E-state index is 0.209. The van der Waals surface area contributed by atoms with E-state index in [1.807, 2.05) is 12.1 Å². The third-order valence-electron chi connectivity index (χ3n) is 4.73. The monoisotopic (exact) mass is 287 g/mol. The fraction of sp³-hybridized carbons (Fsp3) is 0.588. The van der Waals surface area contributed by atoms with E-state index >= 15 is 0 Å². The summed E-state index contributed by atoms with van der Waals surface area (Å²) in [6, 6.07) is 8.25. The average molecular weight is 287 g/mol. The number of rotatable bonds is 3. The Balaban J connectivity index is 1.64. The van der Waals surface area contributed by atoms with E-state index in [0.29, 0.717) is 5.78 Å². The number of piperazine rings is 1. The van der Waals surface area contributed by atoms with E-state index in [2.05, 4.69) is 34.3 Å². The van der Waals surface area contributed by atoms with Gasteiger partial charge in [-0.2, -0.15) is 0 Å². The van der Waals surface area contributed by atoms with Crippen molar-refractivity contribution in [1.29, 1.82) is 0 Å². The molecule has 1 aromatic rings. The van der Waals surface area contributed by atoms with E-state index in [9.17, 15) is 4.79 Å². The first-order valence-electron chi connectivity index (χ1n) is 8.02. The Morgan fingerprint density at radius 2 is 1.67 bits per heavy atom. The molecule has 21 heavy (non-hydrogen) atoms. The Morgan fingerprint density at radius 3 is 2.29 bits per heavy atom. The number of nitrogens with zero attached hydrogens (tertiary/aromatic N) is 2. The van der Waals surface area contributed by atoms with Crippen molar-refractivity contribution in [2.24, 2.45) is 5.92 Å². The number of carbonyl (C=O) groups is 1. The van der Waals surface area contributed by atoms with Crippen molar-refractivity contribution in [3.8, 4) is 0 Å². The molecule has 0 saturated carbocycles. The predicted molar refractivity (Wildman–Crippen MR) is 86.1 cm³/mol. The number of nitrogens with one attached hydrogen (secondary N) is 1. The van der Waals surface area contributed by atoms with Gasteiger partial charge in [0.25, 0.3) is 0 Å². The van der Waals surface area contributed by atoms with Crippen molar-refractivity contribution >= 4 is 11.5 Å². The number of carbonyl (C=O) groups excluding carboxylic acids is 1. The average Bonchev–Trinajstić information content (AvgIpc) is 2.56. The van der Waals surface area contributed by atoms with Crippen LogP contribution in [0.2, 0.25) is 0 Å².